The number of nitrogens with zero attached hydrogens (tertiary/aromatic N) is 2. The zero-order valence-corrected chi connectivity index (χ0v) is 11.2. The van der Waals surface area contributed by atoms with Crippen LogP contribution in [0, 0.1) is 0 Å². The number of carbonyl (C=O) groups excluding carboxylic acids is 1. The SMILES string of the molecule is NCC(F)(F)CNC(=O)c1cnc(-c2ccccn2)s1. The number of carbonyl (C=O) groups is 1. The maximum Gasteiger partial charge on any atom is 0.277 e. The van der Waals surface area contributed by atoms with E-state index in [9.17, 15) is 13.6 Å². The van der Waals surface area contributed by atoms with Gasteiger partial charge in [0.15, 0.2) is 0 Å². The summed E-state index contributed by atoms with van der Waals surface area (Å²) >= 11 is 1.09. The maximum absolute atomic E-state index is 12.9. The molecule has 1 amide bonds. The Bertz CT molecular complexity index is 588. The number of pyridine rings is 1. The van der Waals surface area contributed by atoms with Crippen molar-refractivity contribution in [1.29, 1.82) is 0 Å². The predicted molar refractivity (Wildman–Crippen MR) is 71.7 cm³/mol. The van der Waals surface area contributed by atoms with Gasteiger partial charge in [0.05, 0.1) is 25.0 Å². The van der Waals surface area contributed by atoms with Gasteiger partial charge < -0.3 is 11.1 Å². The van der Waals surface area contributed by atoms with Crippen molar-refractivity contribution in [3.8, 4) is 10.7 Å². The van der Waals surface area contributed by atoms with E-state index in [-0.39, 0.29) is 4.88 Å². The Hall–Kier alpha value is -1.93. The lowest BCUT2D eigenvalue weighted by atomic mass is 10.3. The highest BCUT2D eigenvalue weighted by molar-refractivity contribution is 7.16. The second-order valence-electron chi connectivity index (χ2n) is 3.99. The van der Waals surface area contributed by atoms with Gasteiger partial charge in [0.25, 0.3) is 11.8 Å². The molecule has 0 unspecified atom stereocenters. The third-order valence-corrected chi connectivity index (χ3v) is 3.44. The molecule has 0 aliphatic heterocycles. The first-order valence-electron chi connectivity index (χ1n) is 5.75. The molecule has 2 heterocycles. The molecule has 0 radical (unpaired) electrons. The van der Waals surface area contributed by atoms with Crippen LogP contribution in [-0.2, 0) is 0 Å². The summed E-state index contributed by atoms with van der Waals surface area (Å²) in [5.41, 5.74) is 5.52. The van der Waals surface area contributed by atoms with Crippen molar-refractivity contribution in [2.45, 2.75) is 5.92 Å². The monoisotopic (exact) mass is 298 g/mol. The van der Waals surface area contributed by atoms with Crippen molar-refractivity contribution < 1.29 is 13.6 Å². The summed E-state index contributed by atoms with van der Waals surface area (Å²) in [5.74, 6) is -3.71. The minimum atomic E-state index is -3.11. The predicted octanol–water partition coefficient (Wildman–Crippen LogP) is 1.53. The molecule has 0 fully saturated rings. The third-order valence-electron chi connectivity index (χ3n) is 2.42. The molecule has 2 rings (SSSR count). The molecule has 0 bridgehead atoms. The van der Waals surface area contributed by atoms with Crippen molar-refractivity contribution >= 4 is 17.2 Å². The molecular formula is C12H12F2N4OS. The Labute approximate surface area is 117 Å². The molecule has 20 heavy (non-hydrogen) atoms. The number of amides is 1. The summed E-state index contributed by atoms with van der Waals surface area (Å²) in [6, 6.07) is 5.31. The number of nitrogens with one attached hydrogen (secondary N) is 1. The normalized spacial score (nSPS) is 11.3. The molecule has 2 aromatic heterocycles. The van der Waals surface area contributed by atoms with Crippen LogP contribution >= 0.6 is 11.3 Å². The van der Waals surface area contributed by atoms with E-state index in [0.717, 1.165) is 11.3 Å². The number of aromatic nitrogens is 2. The van der Waals surface area contributed by atoms with Crippen molar-refractivity contribution in [3.05, 3.63) is 35.5 Å². The highest BCUT2D eigenvalue weighted by Crippen LogP contribution is 2.23. The van der Waals surface area contributed by atoms with E-state index in [1.54, 1.807) is 24.4 Å². The molecule has 0 aliphatic rings. The number of thiazole rings is 1. The minimum absolute atomic E-state index is 0.249. The van der Waals surface area contributed by atoms with Crippen LogP contribution < -0.4 is 11.1 Å². The Kier molecular flexibility index (Phi) is 4.35. The largest absolute Gasteiger partial charge is 0.345 e. The van der Waals surface area contributed by atoms with E-state index in [0.29, 0.717) is 10.7 Å². The summed E-state index contributed by atoms with van der Waals surface area (Å²) in [7, 11) is 0. The van der Waals surface area contributed by atoms with Crippen molar-refractivity contribution in [3.63, 3.8) is 0 Å². The quantitative estimate of drug-likeness (QED) is 0.877. The van der Waals surface area contributed by atoms with Gasteiger partial charge in [-0.3, -0.25) is 9.78 Å². The Morgan fingerprint density at radius 3 is 2.85 bits per heavy atom. The van der Waals surface area contributed by atoms with Gasteiger partial charge in [-0.05, 0) is 12.1 Å². The molecule has 3 N–H and O–H groups in total. The summed E-state index contributed by atoms with van der Waals surface area (Å²) in [4.78, 5) is 20.1. The fourth-order valence-corrected chi connectivity index (χ4v) is 2.16. The van der Waals surface area contributed by atoms with Crippen LogP contribution in [0.1, 0.15) is 9.67 Å². The zero-order chi connectivity index (χ0) is 14.6. The van der Waals surface area contributed by atoms with E-state index in [1.807, 2.05) is 0 Å². The smallest absolute Gasteiger partial charge is 0.277 e. The number of halogens is 2. The minimum Gasteiger partial charge on any atom is -0.345 e. The van der Waals surface area contributed by atoms with Gasteiger partial charge in [-0.2, -0.15) is 0 Å². The van der Waals surface area contributed by atoms with Gasteiger partial charge in [0.2, 0.25) is 0 Å². The molecule has 8 heteroatoms. The van der Waals surface area contributed by atoms with Crippen LogP contribution in [0.25, 0.3) is 10.7 Å². The average Bonchev–Trinajstić information content (AvgIpc) is 2.96. The van der Waals surface area contributed by atoms with Crippen LogP contribution in [0.2, 0.25) is 0 Å². The van der Waals surface area contributed by atoms with E-state index in [4.69, 9.17) is 5.73 Å². The number of hydrogen-bond acceptors (Lipinski definition) is 5. The maximum atomic E-state index is 12.9. The third kappa shape index (κ3) is 3.55. The van der Waals surface area contributed by atoms with Crippen LogP contribution in [0.15, 0.2) is 30.6 Å². The molecule has 0 atom stereocenters. The molecule has 0 aliphatic carbocycles. The molecule has 0 aromatic carbocycles. The van der Waals surface area contributed by atoms with Crippen LogP contribution in [-0.4, -0.2) is 34.9 Å². The number of alkyl halides is 2. The Morgan fingerprint density at radius 2 is 2.20 bits per heavy atom. The Morgan fingerprint density at radius 1 is 1.40 bits per heavy atom. The summed E-state index contributed by atoms with van der Waals surface area (Å²) in [6.07, 6.45) is 2.95. The lowest BCUT2D eigenvalue weighted by Gasteiger charge is -2.13. The van der Waals surface area contributed by atoms with Gasteiger partial charge in [-0.15, -0.1) is 11.3 Å². The highest BCUT2D eigenvalue weighted by atomic mass is 32.1. The van der Waals surface area contributed by atoms with E-state index < -0.39 is 24.9 Å². The first-order valence-corrected chi connectivity index (χ1v) is 6.57. The zero-order valence-electron chi connectivity index (χ0n) is 10.3. The van der Waals surface area contributed by atoms with Gasteiger partial charge >= 0.3 is 0 Å². The van der Waals surface area contributed by atoms with E-state index in [2.05, 4.69) is 15.3 Å². The topological polar surface area (TPSA) is 80.9 Å². The molecule has 0 spiro atoms. The highest BCUT2D eigenvalue weighted by Gasteiger charge is 2.27. The molecule has 0 saturated carbocycles. The van der Waals surface area contributed by atoms with Crippen molar-refractivity contribution in [2.75, 3.05) is 13.1 Å². The molecule has 0 saturated heterocycles. The standard InChI is InChI=1S/C12H12F2N4OS/c13-12(14,6-15)7-18-10(19)9-5-17-11(20-9)8-3-1-2-4-16-8/h1-5H,6-7,15H2,(H,18,19). The number of hydrogen-bond donors (Lipinski definition) is 2. The fourth-order valence-electron chi connectivity index (χ4n) is 1.36. The van der Waals surface area contributed by atoms with Gasteiger partial charge in [0.1, 0.15) is 9.88 Å². The average molecular weight is 298 g/mol. The molecular weight excluding hydrogens is 286 g/mol. The first kappa shape index (κ1) is 14.5. The second kappa shape index (κ2) is 6.02. The fraction of sp³-hybridized carbons (Fsp3) is 0.250. The number of nitrogens with two attached hydrogens (primary N) is 1. The van der Waals surface area contributed by atoms with Crippen LogP contribution in [0.4, 0.5) is 8.78 Å². The summed E-state index contributed by atoms with van der Waals surface area (Å²) < 4.78 is 25.9. The summed E-state index contributed by atoms with van der Waals surface area (Å²) in [5, 5.41) is 2.69. The lowest BCUT2D eigenvalue weighted by Crippen LogP contribution is -2.41. The van der Waals surface area contributed by atoms with E-state index >= 15 is 0 Å². The van der Waals surface area contributed by atoms with Gasteiger partial charge in [0, 0.05) is 6.20 Å². The van der Waals surface area contributed by atoms with Crippen molar-refractivity contribution in [2.24, 2.45) is 5.73 Å². The summed E-state index contributed by atoms with van der Waals surface area (Å²) in [6.45, 7) is -1.60. The van der Waals surface area contributed by atoms with Crippen LogP contribution in [0.5, 0.6) is 0 Å². The first-order chi connectivity index (χ1) is 9.52. The number of rotatable bonds is 5. The van der Waals surface area contributed by atoms with Gasteiger partial charge in [-0.25, -0.2) is 13.8 Å². The molecule has 2 aromatic rings. The van der Waals surface area contributed by atoms with Crippen LogP contribution in [0.3, 0.4) is 0 Å². The second-order valence-corrected chi connectivity index (χ2v) is 5.02. The van der Waals surface area contributed by atoms with Crippen molar-refractivity contribution in [1.82, 2.24) is 15.3 Å². The van der Waals surface area contributed by atoms with Gasteiger partial charge in [-0.1, -0.05) is 6.07 Å². The van der Waals surface area contributed by atoms with E-state index in [1.165, 1.54) is 6.20 Å². The molecule has 5 nitrogen and oxygen atoms in total. The lowest BCUT2D eigenvalue weighted by molar-refractivity contribution is 0.0119. The molecule has 106 valence electrons. The Balaban J connectivity index is 2.04.